The number of aliphatic hydroxyl groups is 13. The zero-order valence-electron chi connectivity index (χ0n) is 43.2. The highest BCUT2D eigenvalue weighted by molar-refractivity contribution is 5.92. The van der Waals surface area contributed by atoms with Crippen LogP contribution in [0.25, 0.3) is 0 Å². The third kappa shape index (κ3) is 12.0. The summed E-state index contributed by atoms with van der Waals surface area (Å²) in [7, 11) is 0. The normalized spacial score (nSPS) is 46.0. The lowest BCUT2D eigenvalue weighted by molar-refractivity contribution is -0.389. The Balaban J connectivity index is 1.01. The third-order valence-electron chi connectivity index (χ3n) is 18.0. The first kappa shape index (κ1) is 59.9. The standard InChI is InChI=1S/C51H84O23/c1-21(20-67-46(36(59)23(3)55)72-34(58)19-54)7-10-30(56)22(2)35-31(57)16-29-27-9-8-25-15-26(11-13-50(25,5)28(27)12-14-51(29,35)6)69-49-45(74-47-41(64)39(62)37(60)24(4)68-47)43(66)44(33(18-53)71-49)73-48-42(65)40(63)38(61)32(17-52)70-48/h8,21-24,26-29,32-49,52-55,58-66H,7,9-20H2,1-6H3. The fourth-order valence-electron chi connectivity index (χ4n) is 13.5. The third-order valence-corrected chi connectivity index (χ3v) is 18.0. The molecule has 3 heterocycles. The van der Waals surface area contributed by atoms with Crippen LogP contribution in [0.4, 0.5) is 0 Å². The van der Waals surface area contributed by atoms with Gasteiger partial charge in [0.05, 0.1) is 44.7 Å². The largest absolute Gasteiger partial charge is 0.394 e. The minimum atomic E-state index is -1.87. The van der Waals surface area contributed by atoms with Gasteiger partial charge in [-0.2, -0.15) is 0 Å². The van der Waals surface area contributed by atoms with Crippen LogP contribution in [-0.2, 0) is 47.5 Å². The summed E-state index contributed by atoms with van der Waals surface area (Å²) in [5.41, 5.74) is 0.504. The van der Waals surface area contributed by atoms with Crippen LogP contribution in [0.15, 0.2) is 11.6 Å². The lowest BCUT2D eigenvalue weighted by atomic mass is 9.47. The summed E-state index contributed by atoms with van der Waals surface area (Å²) in [6, 6.07) is 0. The van der Waals surface area contributed by atoms with Gasteiger partial charge in [0.15, 0.2) is 31.5 Å². The second-order valence-electron chi connectivity index (χ2n) is 22.9. The number of carbonyl (C=O) groups excluding carboxylic acids is 2. The molecule has 7 aliphatic rings. The molecule has 3 aliphatic heterocycles. The fourth-order valence-corrected chi connectivity index (χ4v) is 13.5. The summed E-state index contributed by atoms with van der Waals surface area (Å²) in [5, 5.41) is 135. The maximum atomic E-state index is 14.1. The summed E-state index contributed by atoms with van der Waals surface area (Å²) >= 11 is 0. The van der Waals surface area contributed by atoms with Crippen LogP contribution in [-0.4, -0.2) is 227 Å². The van der Waals surface area contributed by atoms with E-state index in [9.17, 15) is 76.0 Å². The zero-order valence-corrected chi connectivity index (χ0v) is 43.2. The molecule has 0 aromatic rings. The van der Waals surface area contributed by atoms with Gasteiger partial charge in [0.25, 0.3) is 0 Å². The van der Waals surface area contributed by atoms with Gasteiger partial charge in [0.1, 0.15) is 84.8 Å². The van der Waals surface area contributed by atoms with Gasteiger partial charge in [0, 0.05) is 24.7 Å². The van der Waals surface area contributed by atoms with Gasteiger partial charge in [0.2, 0.25) is 0 Å². The highest BCUT2D eigenvalue weighted by Crippen LogP contribution is 2.66. The fraction of sp³-hybridized carbons (Fsp3) is 0.922. The number of ketones is 2. The van der Waals surface area contributed by atoms with Gasteiger partial charge in [-0.25, -0.2) is 0 Å². The molecule has 28 atom stereocenters. The molecule has 0 radical (unpaired) electrons. The molecule has 4 aliphatic carbocycles. The molecule has 23 nitrogen and oxygen atoms in total. The van der Waals surface area contributed by atoms with Gasteiger partial charge in [-0.3, -0.25) is 9.59 Å². The Morgan fingerprint density at radius 3 is 2.03 bits per heavy atom. The Kier molecular flexibility index (Phi) is 20.0. The molecule has 426 valence electrons. The summed E-state index contributed by atoms with van der Waals surface area (Å²) in [5.74, 6) is -0.618. The maximum Gasteiger partial charge on any atom is 0.189 e. The lowest BCUT2D eigenvalue weighted by Gasteiger charge is -2.58. The van der Waals surface area contributed by atoms with Crippen LogP contribution < -0.4 is 0 Å². The summed E-state index contributed by atoms with van der Waals surface area (Å²) < 4.78 is 47.0. The van der Waals surface area contributed by atoms with Crippen molar-refractivity contribution in [1.29, 1.82) is 0 Å². The Labute approximate surface area is 431 Å². The first-order chi connectivity index (χ1) is 34.9. The average Bonchev–Trinajstić information content (AvgIpc) is 3.65. The monoisotopic (exact) mass is 1060 g/mol. The van der Waals surface area contributed by atoms with Gasteiger partial charge >= 0.3 is 0 Å². The van der Waals surface area contributed by atoms with Crippen LogP contribution in [0.2, 0.25) is 0 Å². The van der Waals surface area contributed by atoms with Gasteiger partial charge in [-0.05, 0) is 93.3 Å². The second-order valence-corrected chi connectivity index (χ2v) is 22.9. The number of ether oxygens (including phenoxy) is 8. The highest BCUT2D eigenvalue weighted by Gasteiger charge is 2.63. The minimum Gasteiger partial charge on any atom is -0.394 e. The number of hydrogen-bond donors (Lipinski definition) is 13. The smallest absolute Gasteiger partial charge is 0.189 e. The lowest BCUT2D eigenvalue weighted by Crippen LogP contribution is -2.67. The van der Waals surface area contributed by atoms with Crippen molar-refractivity contribution in [2.24, 2.45) is 46.3 Å². The number of hydrogen-bond acceptors (Lipinski definition) is 23. The summed E-state index contributed by atoms with van der Waals surface area (Å²) in [6.07, 6.45) is -23.0. The van der Waals surface area contributed by atoms with Crippen LogP contribution in [0.5, 0.6) is 0 Å². The summed E-state index contributed by atoms with van der Waals surface area (Å²) in [6.45, 7) is 8.69. The number of aliphatic hydroxyl groups excluding tert-OH is 13. The van der Waals surface area contributed by atoms with Gasteiger partial charge in [-0.15, -0.1) is 0 Å². The van der Waals surface area contributed by atoms with Crippen LogP contribution in [0.3, 0.4) is 0 Å². The highest BCUT2D eigenvalue weighted by atomic mass is 16.8. The SMILES string of the molecule is CC(CCC(=O)C(C)C1C(=O)CC2C3CC=C4CC(OC5OC(CO)C(OC6OC(CO)C(O)C(O)C6O)C(O)C5OC5OC(C)C(O)C(O)C5O)CCC4(C)C3CCC21C)COC(OC(O)CO)C(O)C(C)O. The van der Waals surface area contributed by atoms with Crippen molar-refractivity contribution in [3.8, 4) is 0 Å². The molecule has 0 bridgehead atoms. The van der Waals surface area contributed by atoms with E-state index in [-0.39, 0.29) is 53.7 Å². The van der Waals surface area contributed by atoms with Crippen LogP contribution in [0.1, 0.15) is 99.3 Å². The Hall–Kier alpha value is -1.76. The van der Waals surface area contributed by atoms with E-state index in [4.69, 9.17) is 37.9 Å². The molecule has 0 aromatic heterocycles. The Morgan fingerprint density at radius 2 is 1.38 bits per heavy atom. The Bertz CT molecular complexity index is 1890. The predicted octanol–water partition coefficient (Wildman–Crippen LogP) is -2.36. The van der Waals surface area contributed by atoms with Crippen molar-refractivity contribution in [2.45, 2.75) is 222 Å². The summed E-state index contributed by atoms with van der Waals surface area (Å²) in [4.78, 5) is 28.0. The van der Waals surface area contributed by atoms with Crippen molar-refractivity contribution < 1.29 is 114 Å². The maximum absolute atomic E-state index is 14.1. The molecule has 28 unspecified atom stereocenters. The topological polar surface area (TPSA) is 371 Å². The van der Waals surface area contributed by atoms with E-state index in [1.807, 2.05) is 13.8 Å². The molecule has 6 fully saturated rings. The Morgan fingerprint density at radius 1 is 0.743 bits per heavy atom. The van der Waals surface area contributed by atoms with Crippen LogP contribution >= 0.6 is 0 Å². The molecule has 7 rings (SSSR count). The van der Waals surface area contributed by atoms with E-state index in [1.165, 1.54) is 13.8 Å². The quantitative estimate of drug-likeness (QED) is 0.0422. The van der Waals surface area contributed by atoms with Gasteiger partial charge < -0.3 is 104 Å². The number of carbonyl (C=O) groups is 2. The van der Waals surface area contributed by atoms with Crippen molar-refractivity contribution in [3.63, 3.8) is 0 Å². The van der Waals surface area contributed by atoms with E-state index in [0.29, 0.717) is 38.5 Å². The van der Waals surface area contributed by atoms with E-state index >= 15 is 0 Å². The zero-order chi connectivity index (χ0) is 54.3. The molecule has 74 heavy (non-hydrogen) atoms. The molecule has 23 heteroatoms. The molecular formula is C51H84O23. The molecular weight excluding hydrogens is 981 g/mol. The molecule has 0 spiro atoms. The predicted molar refractivity (Wildman–Crippen MR) is 252 cm³/mol. The van der Waals surface area contributed by atoms with Crippen molar-refractivity contribution in [3.05, 3.63) is 11.6 Å². The van der Waals surface area contributed by atoms with Crippen molar-refractivity contribution >= 4 is 11.6 Å². The van der Waals surface area contributed by atoms with E-state index < -0.39 is 160 Å². The van der Waals surface area contributed by atoms with E-state index in [2.05, 4.69) is 19.9 Å². The number of Topliss-reactive ketones (excluding diaryl/α,β-unsaturated/α-hetero) is 2. The number of allylic oxidation sites excluding steroid dienone is 1. The average molecular weight is 1070 g/mol. The number of fused-ring (bicyclic) bond motifs is 5. The van der Waals surface area contributed by atoms with Crippen molar-refractivity contribution in [1.82, 2.24) is 0 Å². The molecule has 0 aromatic carbocycles. The number of rotatable bonds is 21. The first-order valence-electron chi connectivity index (χ1n) is 26.5. The molecule has 3 saturated heterocycles. The van der Waals surface area contributed by atoms with Crippen molar-refractivity contribution in [2.75, 3.05) is 26.4 Å². The van der Waals surface area contributed by atoms with Crippen LogP contribution in [0, 0.1) is 46.3 Å². The first-order valence-corrected chi connectivity index (χ1v) is 26.5. The molecule has 13 N–H and O–H groups in total. The molecule has 0 amide bonds. The second kappa shape index (κ2) is 24.7. The van der Waals surface area contributed by atoms with E-state index in [0.717, 1.165) is 18.4 Å². The van der Waals surface area contributed by atoms with Gasteiger partial charge in [-0.1, -0.05) is 39.3 Å². The molecule has 3 saturated carbocycles. The minimum absolute atomic E-state index is 0.0273. The van der Waals surface area contributed by atoms with E-state index in [1.54, 1.807) is 0 Å².